The van der Waals surface area contributed by atoms with Gasteiger partial charge in [-0.25, -0.2) is 0 Å². The van der Waals surface area contributed by atoms with Crippen molar-refractivity contribution in [1.29, 1.82) is 0 Å². The predicted octanol–water partition coefficient (Wildman–Crippen LogP) is 5.47. The third kappa shape index (κ3) is 6.26. The molecular formula is C32H33F3N6O3. The van der Waals surface area contributed by atoms with Crippen LogP contribution in [-0.4, -0.2) is 59.4 Å². The Morgan fingerprint density at radius 1 is 1.07 bits per heavy atom. The fraction of sp³-hybridized carbons (Fsp3) is 0.375. The molecule has 44 heavy (non-hydrogen) atoms. The summed E-state index contributed by atoms with van der Waals surface area (Å²) < 4.78 is 53.5. The monoisotopic (exact) mass is 606 g/mol. The van der Waals surface area contributed by atoms with Crippen LogP contribution in [0.1, 0.15) is 37.9 Å². The minimum atomic E-state index is -4.71. The quantitative estimate of drug-likeness (QED) is 0.264. The number of carbonyl (C=O) groups is 1. The van der Waals surface area contributed by atoms with Gasteiger partial charge in [0, 0.05) is 49.0 Å². The third-order valence-corrected chi connectivity index (χ3v) is 8.51. The van der Waals surface area contributed by atoms with Gasteiger partial charge in [0.15, 0.2) is 0 Å². The number of esters is 1. The van der Waals surface area contributed by atoms with Crippen molar-refractivity contribution < 1.29 is 27.4 Å². The predicted molar refractivity (Wildman–Crippen MR) is 160 cm³/mol. The summed E-state index contributed by atoms with van der Waals surface area (Å²) in [4.78, 5) is 26.6. The van der Waals surface area contributed by atoms with Gasteiger partial charge in [-0.2, -0.15) is 23.1 Å². The Morgan fingerprint density at radius 3 is 2.55 bits per heavy atom. The van der Waals surface area contributed by atoms with E-state index < -0.39 is 12.3 Å². The van der Waals surface area contributed by atoms with E-state index in [2.05, 4.69) is 20.3 Å². The number of benzene rings is 2. The van der Waals surface area contributed by atoms with Crippen molar-refractivity contribution in [2.24, 2.45) is 5.41 Å². The number of piperidine rings is 1. The zero-order valence-corrected chi connectivity index (χ0v) is 24.2. The Kier molecular flexibility index (Phi) is 8.02. The first-order chi connectivity index (χ1) is 21.1. The molecule has 1 spiro atoms. The lowest BCUT2D eigenvalue weighted by Crippen LogP contribution is -2.41. The number of nitrogens with zero attached hydrogens (tertiary/aromatic N) is 4. The summed E-state index contributed by atoms with van der Waals surface area (Å²) in [5.74, 6) is -0.273. The Balaban J connectivity index is 1.16. The molecule has 0 radical (unpaired) electrons. The highest BCUT2D eigenvalue weighted by molar-refractivity contribution is 5.86. The molecule has 4 heterocycles. The molecule has 2 atom stereocenters. The fourth-order valence-electron chi connectivity index (χ4n) is 6.13. The lowest BCUT2D eigenvalue weighted by molar-refractivity contribution is -0.198. The van der Waals surface area contributed by atoms with Crippen molar-refractivity contribution in [1.82, 2.24) is 20.3 Å². The number of pyridine rings is 1. The Labute approximate surface area is 252 Å². The average molecular weight is 607 g/mol. The van der Waals surface area contributed by atoms with E-state index in [1.54, 1.807) is 31.5 Å². The van der Waals surface area contributed by atoms with Crippen LogP contribution in [0.5, 0.6) is 5.88 Å². The van der Waals surface area contributed by atoms with E-state index in [1.165, 1.54) is 18.2 Å². The Bertz CT molecular complexity index is 1640. The molecule has 2 saturated heterocycles. The summed E-state index contributed by atoms with van der Waals surface area (Å²) in [6, 6.07) is 14.9. The van der Waals surface area contributed by atoms with Crippen LogP contribution in [0.25, 0.3) is 21.9 Å². The zero-order valence-electron chi connectivity index (χ0n) is 24.2. The number of carbonyl (C=O) groups excluding carboxylic acids is 1. The summed E-state index contributed by atoms with van der Waals surface area (Å²) in [5.41, 5.74) is 7.45. The first-order valence-electron chi connectivity index (χ1n) is 14.6. The van der Waals surface area contributed by atoms with Crippen LogP contribution in [0.15, 0.2) is 67.0 Å². The molecule has 4 aromatic rings. The van der Waals surface area contributed by atoms with E-state index in [4.69, 9.17) is 15.2 Å². The van der Waals surface area contributed by atoms with Crippen molar-refractivity contribution in [2.45, 2.75) is 44.5 Å². The summed E-state index contributed by atoms with van der Waals surface area (Å²) in [6.45, 7) is 4.02. The van der Waals surface area contributed by atoms with Gasteiger partial charge in [-0.3, -0.25) is 9.78 Å². The van der Waals surface area contributed by atoms with Gasteiger partial charge in [-0.1, -0.05) is 36.4 Å². The van der Waals surface area contributed by atoms with Gasteiger partial charge in [-0.15, -0.1) is 0 Å². The largest absolute Gasteiger partial charge is 0.465 e. The van der Waals surface area contributed by atoms with Gasteiger partial charge in [0.1, 0.15) is 11.9 Å². The van der Waals surface area contributed by atoms with Crippen molar-refractivity contribution in [3.63, 3.8) is 0 Å². The second-order valence-corrected chi connectivity index (χ2v) is 11.4. The minimum absolute atomic E-state index is 0.0525. The van der Waals surface area contributed by atoms with Crippen LogP contribution >= 0.6 is 0 Å². The SMILES string of the molecule is CCOC(=O)[C@@H]1CC2(CCN(c3cc(O[C@H](c4ccc(-c5ccc6ccncc6c5)cc4)C(F)(F)F)nc(N)n3)CC2)CN1. The number of fused-ring (bicyclic) bond motifs is 1. The Hall–Kier alpha value is -4.45. The molecule has 12 heteroatoms. The van der Waals surface area contributed by atoms with Gasteiger partial charge in [0.25, 0.3) is 0 Å². The molecule has 2 fully saturated rings. The van der Waals surface area contributed by atoms with E-state index in [0.29, 0.717) is 38.5 Å². The first kappa shape index (κ1) is 29.6. The van der Waals surface area contributed by atoms with Crippen molar-refractivity contribution in [3.05, 3.63) is 72.6 Å². The van der Waals surface area contributed by atoms with Crippen LogP contribution in [-0.2, 0) is 9.53 Å². The third-order valence-electron chi connectivity index (χ3n) is 8.51. The highest BCUT2D eigenvalue weighted by Crippen LogP contribution is 2.42. The highest BCUT2D eigenvalue weighted by atomic mass is 19.4. The molecule has 6 rings (SSSR count). The number of hydrogen-bond donors (Lipinski definition) is 2. The molecule has 9 nitrogen and oxygen atoms in total. The van der Waals surface area contributed by atoms with E-state index in [-0.39, 0.29) is 34.8 Å². The molecule has 2 aromatic carbocycles. The number of aromatic nitrogens is 3. The standard InChI is InChI=1S/C32H33F3N6O3/c1-2-43-29(42)25-17-31(19-38-25)10-13-41(14-11-31)26-16-27(40-30(36)39-26)44-28(32(33,34)35)22-6-3-20(4-7-22)23-8-5-21-9-12-37-18-24(21)15-23/h3-9,12,15-16,18,25,28,38H,2,10-11,13-14,17,19H2,1H3,(H2,36,39,40)/t25-,28+/m0/s1. The maximum atomic E-state index is 14.3. The maximum Gasteiger partial charge on any atom is 0.429 e. The average Bonchev–Trinajstić information content (AvgIpc) is 3.43. The van der Waals surface area contributed by atoms with Crippen molar-refractivity contribution >= 4 is 28.5 Å². The van der Waals surface area contributed by atoms with E-state index in [1.807, 2.05) is 29.2 Å². The second kappa shape index (κ2) is 11.9. The van der Waals surface area contributed by atoms with Gasteiger partial charge in [-0.05, 0) is 60.2 Å². The molecule has 2 aliphatic heterocycles. The zero-order chi connectivity index (χ0) is 30.9. The van der Waals surface area contributed by atoms with Gasteiger partial charge >= 0.3 is 12.1 Å². The van der Waals surface area contributed by atoms with Crippen LogP contribution in [0.2, 0.25) is 0 Å². The Morgan fingerprint density at radius 2 is 1.82 bits per heavy atom. The smallest absolute Gasteiger partial charge is 0.429 e. The van der Waals surface area contributed by atoms with Gasteiger partial charge in [0.05, 0.1) is 6.61 Å². The number of nitrogens with two attached hydrogens (primary N) is 1. The maximum absolute atomic E-state index is 14.3. The number of anilines is 2. The summed E-state index contributed by atoms with van der Waals surface area (Å²) >= 11 is 0. The lowest BCUT2D eigenvalue weighted by atomic mass is 9.76. The topological polar surface area (TPSA) is 115 Å². The first-order valence-corrected chi connectivity index (χ1v) is 14.6. The summed E-state index contributed by atoms with van der Waals surface area (Å²) in [6.07, 6.45) is -1.27. The van der Waals surface area contributed by atoms with Crippen LogP contribution < -0.4 is 20.7 Å². The number of rotatable bonds is 7. The summed E-state index contributed by atoms with van der Waals surface area (Å²) in [7, 11) is 0. The lowest BCUT2D eigenvalue weighted by Gasteiger charge is -2.39. The number of nitrogens with one attached hydrogen (secondary N) is 1. The number of ether oxygens (including phenoxy) is 2. The highest BCUT2D eigenvalue weighted by Gasteiger charge is 2.45. The molecule has 3 N–H and O–H groups in total. The van der Waals surface area contributed by atoms with E-state index in [9.17, 15) is 18.0 Å². The van der Waals surface area contributed by atoms with Gasteiger partial charge in [0.2, 0.25) is 17.9 Å². The molecule has 0 unspecified atom stereocenters. The number of halogens is 3. The summed E-state index contributed by atoms with van der Waals surface area (Å²) in [5, 5.41) is 5.24. The van der Waals surface area contributed by atoms with E-state index in [0.717, 1.165) is 34.7 Å². The van der Waals surface area contributed by atoms with Crippen molar-refractivity contribution in [2.75, 3.05) is 36.9 Å². The molecule has 2 aliphatic rings. The number of nitrogen functional groups attached to an aromatic ring is 1. The van der Waals surface area contributed by atoms with E-state index >= 15 is 0 Å². The van der Waals surface area contributed by atoms with Crippen LogP contribution in [0, 0.1) is 5.41 Å². The molecular weight excluding hydrogens is 573 g/mol. The molecule has 0 bridgehead atoms. The molecule has 0 aliphatic carbocycles. The van der Waals surface area contributed by atoms with Gasteiger partial charge < -0.3 is 25.4 Å². The van der Waals surface area contributed by atoms with Crippen molar-refractivity contribution in [3.8, 4) is 17.0 Å². The van der Waals surface area contributed by atoms with Crippen LogP contribution in [0.4, 0.5) is 24.9 Å². The minimum Gasteiger partial charge on any atom is -0.465 e. The molecule has 2 aromatic heterocycles. The number of hydrogen-bond acceptors (Lipinski definition) is 9. The molecule has 0 saturated carbocycles. The molecule has 230 valence electrons. The fourth-order valence-corrected chi connectivity index (χ4v) is 6.13. The molecule has 0 amide bonds. The second-order valence-electron chi connectivity index (χ2n) is 11.4. The van der Waals surface area contributed by atoms with Crippen LogP contribution in [0.3, 0.4) is 0 Å². The normalized spacial score (nSPS) is 18.8. The number of alkyl halides is 3.